The summed E-state index contributed by atoms with van der Waals surface area (Å²) in [5.41, 5.74) is 9.30. The van der Waals surface area contributed by atoms with Gasteiger partial charge in [0.2, 0.25) is 0 Å². The lowest BCUT2D eigenvalue weighted by molar-refractivity contribution is -0.135. The third-order valence-corrected chi connectivity index (χ3v) is 2.81. The highest BCUT2D eigenvalue weighted by Gasteiger charge is 2.27. The van der Waals surface area contributed by atoms with Crippen molar-refractivity contribution in [1.29, 1.82) is 0 Å². The van der Waals surface area contributed by atoms with E-state index in [0.29, 0.717) is 16.3 Å². The topological polar surface area (TPSA) is 64.1 Å². The molecule has 0 heterocycles. The highest BCUT2D eigenvalue weighted by atomic mass is 35.5. The summed E-state index contributed by atoms with van der Waals surface area (Å²) in [6.07, 6.45) is -4.74. The van der Waals surface area contributed by atoms with Gasteiger partial charge < -0.3 is 5.73 Å². The van der Waals surface area contributed by atoms with E-state index in [9.17, 15) is 13.2 Å². The number of hydrogen-bond donors (Lipinski definition) is 3. The Morgan fingerprint density at radius 3 is 2.50 bits per heavy atom. The van der Waals surface area contributed by atoms with Crippen LogP contribution in [0.25, 0.3) is 0 Å². The summed E-state index contributed by atoms with van der Waals surface area (Å²) in [5.74, 6) is 5.34. The fourth-order valence-corrected chi connectivity index (χ4v) is 1.88. The van der Waals surface area contributed by atoms with Crippen molar-refractivity contribution >= 4 is 17.3 Å². The molecule has 7 heteroatoms. The third kappa shape index (κ3) is 4.72. The Kier molecular flexibility index (Phi) is 5.25. The summed E-state index contributed by atoms with van der Waals surface area (Å²) in [6, 6.07) is 4.42. The van der Waals surface area contributed by atoms with E-state index in [-0.39, 0.29) is 12.8 Å². The van der Waals surface area contributed by atoms with Gasteiger partial charge in [0, 0.05) is 23.2 Å². The highest BCUT2D eigenvalue weighted by Crippen LogP contribution is 2.29. The molecule has 1 aromatic carbocycles. The molecule has 102 valence electrons. The molecule has 1 atom stereocenters. The number of benzene rings is 1. The van der Waals surface area contributed by atoms with E-state index in [2.05, 4.69) is 5.43 Å². The summed E-state index contributed by atoms with van der Waals surface area (Å²) in [7, 11) is 0. The molecule has 0 amide bonds. The molecule has 0 bridgehead atoms. The Balaban J connectivity index is 2.66. The highest BCUT2D eigenvalue weighted by molar-refractivity contribution is 6.30. The van der Waals surface area contributed by atoms with Gasteiger partial charge in [-0.25, -0.2) is 0 Å². The first-order valence-corrected chi connectivity index (χ1v) is 5.79. The molecule has 0 aliphatic carbocycles. The number of hydrogen-bond acceptors (Lipinski definition) is 3. The molecule has 0 saturated carbocycles. The Morgan fingerprint density at radius 1 is 1.33 bits per heavy atom. The third-order valence-electron chi connectivity index (χ3n) is 2.58. The van der Waals surface area contributed by atoms with E-state index in [4.69, 9.17) is 23.2 Å². The van der Waals surface area contributed by atoms with Gasteiger partial charge in [-0.1, -0.05) is 17.7 Å². The molecule has 1 rings (SSSR count). The Morgan fingerprint density at radius 2 is 2.00 bits per heavy atom. The van der Waals surface area contributed by atoms with Crippen LogP contribution >= 0.6 is 11.6 Å². The normalized spacial score (nSPS) is 13.6. The maximum atomic E-state index is 12.1. The molecule has 0 fully saturated rings. The van der Waals surface area contributed by atoms with E-state index in [1.165, 1.54) is 0 Å². The molecule has 18 heavy (non-hydrogen) atoms. The first-order chi connectivity index (χ1) is 8.33. The maximum absolute atomic E-state index is 12.1. The smallest absolute Gasteiger partial charge is 0.389 e. The zero-order valence-electron chi connectivity index (χ0n) is 9.60. The van der Waals surface area contributed by atoms with Gasteiger partial charge >= 0.3 is 6.18 Å². The number of hydrazine groups is 1. The summed E-state index contributed by atoms with van der Waals surface area (Å²) in [4.78, 5) is 0. The second-order valence-corrected chi connectivity index (χ2v) is 4.44. The first-order valence-electron chi connectivity index (χ1n) is 5.41. The van der Waals surface area contributed by atoms with Gasteiger partial charge in [0.05, 0.1) is 0 Å². The summed E-state index contributed by atoms with van der Waals surface area (Å²) < 4.78 is 36.2. The predicted molar refractivity (Wildman–Crippen MR) is 65.8 cm³/mol. The summed E-state index contributed by atoms with van der Waals surface area (Å²) >= 11 is 5.75. The van der Waals surface area contributed by atoms with Crippen molar-refractivity contribution in [3.05, 3.63) is 28.8 Å². The Bertz CT molecular complexity index is 396. The molecule has 0 aromatic heterocycles. The number of halogens is 4. The number of alkyl halides is 3. The number of nitrogen functional groups attached to an aromatic ring is 1. The standard InChI is InChI=1S/C11H15ClF3N3/c12-7-3-4-8(9(16)6-7)10(18-17)2-1-5-11(13,14)15/h3-4,6,10,18H,1-2,5,16-17H2. The minimum Gasteiger partial charge on any atom is -0.398 e. The molecule has 0 spiro atoms. The van der Waals surface area contributed by atoms with Crippen molar-refractivity contribution in [3.63, 3.8) is 0 Å². The lowest BCUT2D eigenvalue weighted by Gasteiger charge is -2.18. The molecule has 1 unspecified atom stereocenters. The van der Waals surface area contributed by atoms with Crippen LogP contribution in [0.1, 0.15) is 30.9 Å². The molecule has 1 aromatic rings. The SMILES string of the molecule is NNC(CCCC(F)(F)F)c1ccc(Cl)cc1N. The number of nitrogens with two attached hydrogens (primary N) is 2. The summed E-state index contributed by atoms with van der Waals surface area (Å²) in [6.45, 7) is 0. The Labute approximate surface area is 108 Å². The maximum Gasteiger partial charge on any atom is 0.389 e. The van der Waals surface area contributed by atoms with Crippen molar-refractivity contribution in [2.45, 2.75) is 31.5 Å². The average molecular weight is 282 g/mol. The molecular formula is C11H15ClF3N3. The zero-order chi connectivity index (χ0) is 13.8. The second-order valence-electron chi connectivity index (χ2n) is 4.00. The van der Waals surface area contributed by atoms with Crippen LogP contribution in [-0.2, 0) is 0 Å². The molecule has 0 aliphatic rings. The van der Waals surface area contributed by atoms with E-state index in [1.807, 2.05) is 0 Å². The monoisotopic (exact) mass is 281 g/mol. The van der Waals surface area contributed by atoms with Gasteiger partial charge in [0.1, 0.15) is 0 Å². The fourth-order valence-electron chi connectivity index (χ4n) is 1.70. The van der Waals surface area contributed by atoms with E-state index in [1.54, 1.807) is 18.2 Å². The molecular weight excluding hydrogens is 267 g/mol. The Hall–Kier alpha value is -0.980. The minimum atomic E-state index is -4.15. The van der Waals surface area contributed by atoms with Crippen LogP contribution < -0.4 is 17.0 Å². The molecule has 0 saturated heterocycles. The van der Waals surface area contributed by atoms with Crippen molar-refractivity contribution in [3.8, 4) is 0 Å². The van der Waals surface area contributed by atoms with Crippen LogP contribution in [-0.4, -0.2) is 6.18 Å². The molecule has 3 nitrogen and oxygen atoms in total. The van der Waals surface area contributed by atoms with Gasteiger partial charge in [-0.2, -0.15) is 13.2 Å². The summed E-state index contributed by atoms with van der Waals surface area (Å²) in [5, 5.41) is 0.474. The molecule has 0 aliphatic heterocycles. The van der Waals surface area contributed by atoms with Gasteiger partial charge in [0.25, 0.3) is 0 Å². The van der Waals surface area contributed by atoms with Crippen LogP contribution in [0.3, 0.4) is 0 Å². The van der Waals surface area contributed by atoms with Gasteiger partial charge in [-0.3, -0.25) is 11.3 Å². The van der Waals surface area contributed by atoms with Crippen molar-refractivity contribution in [2.75, 3.05) is 5.73 Å². The van der Waals surface area contributed by atoms with Gasteiger partial charge in [-0.05, 0) is 30.5 Å². The van der Waals surface area contributed by atoms with Crippen LogP contribution in [0.2, 0.25) is 5.02 Å². The van der Waals surface area contributed by atoms with Gasteiger partial charge in [-0.15, -0.1) is 0 Å². The molecule has 5 N–H and O–H groups in total. The lowest BCUT2D eigenvalue weighted by atomic mass is 10.00. The van der Waals surface area contributed by atoms with E-state index >= 15 is 0 Å². The number of rotatable bonds is 5. The zero-order valence-corrected chi connectivity index (χ0v) is 10.4. The van der Waals surface area contributed by atoms with E-state index < -0.39 is 18.6 Å². The number of nitrogens with one attached hydrogen (secondary N) is 1. The minimum absolute atomic E-state index is 0.0135. The van der Waals surface area contributed by atoms with Crippen LogP contribution in [0.4, 0.5) is 18.9 Å². The number of anilines is 1. The average Bonchev–Trinajstić information content (AvgIpc) is 2.24. The van der Waals surface area contributed by atoms with Crippen LogP contribution in [0.15, 0.2) is 18.2 Å². The van der Waals surface area contributed by atoms with Crippen molar-refractivity contribution in [2.24, 2.45) is 5.84 Å². The van der Waals surface area contributed by atoms with Crippen molar-refractivity contribution in [1.82, 2.24) is 5.43 Å². The largest absolute Gasteiger partial charge is 0.398 e. The first kappa shape index (κ1) is 15.1. The lowest BCUT2D eigenvalue weighted by Crippen LogP contribution is -2.29. The van der Waals surface area contributed by atoms with Crippen LogP contribution in [0, 0.1) is 0 Å². The molecule has 0 radical (unpaired) electrons. The fraction of sp³-hybridized carbons (Fsp3) is 0.455. The second kappa shape index (κ2) is 6.26. The van der Waals surface area contributed by atoms with Gasteiger partial charge in [0.15, 0.2) is 0 Å². The predicted octanol–water partition coefficient (Wildman–Crippen LogP) is 3.16. The van der Waals surface area contributed by atoms with E-state index in [0.717, 1.165) is 0 Å². The quantitative estimate of drug-likeness (QED) is 0.441. The van der Waals surface area contributed by atoms with Crippen molar-refractivity contribution < 1.29 is 13.2 Å². The van der Waals surface area contributed by atoms with Crippen LogP contribution in [0.5, 0.6) is 0 Å².